The molecule has 3 nitrogen and oxygen atoms in total. The van der Waals surface area contributed by atoms with Crippen molar-refractivity contribution in [3.8, 4) is 0 Å². The van der Waals surface area contributed by atoms with E-state index in [-0.39, 0.29) is 5.91 Å². The maximum atomic E-state index is 12.0. The maximum absolute atomic E-state index is 12.0. The van der Waals surface area contributed by atoms with Crippen molar-refractivity contribution in [1.29, 1.82) is 0 Å². The molecule has 0 aliphatic heterocycles. The number of rotatable bonds is 6. The minimum atomic E-state index is -0.107. The Kier molecular flexibility index (Phi) is 6.31. The summed E-state index contributed by atoms with van der Waals surface area (Å²) < 4.78 is 0. The van der Waals surface area contributed by atoms with Gasteiger partial charge in [-0.2, -0.15) is 5.10 Å². The molecule has 0 aromatic heterocycles. The van der Waals surface area contributed by atoms with Crippen LogP contribution in [0.25, 0.3) is 10.8 Å². The molecule has 0 aliphatic carbocycles. The van der Waals surface area contributed by atoms with Gasteiger partial charge in [-0.1, -0.05) is 66.2 Å². The first kappa shape index (κ1) is 18.5. The lowest BCUT2D eigenvalue weighted by Gasteiger charge is -2.05. The molecule has 0 saturated carbocycles. The number of benzene rings is 3. The zero-order valence-electron chi connectivity index (χ0n) is 14.4. The van der Waals surface area contributed by atoms with Gasteiger partial charge in [0, 0.05) is 10.8 Å². The van der Waals surface area contributed by atoms with Gasteiger partial charge in [0.25, 0.3) is 0 Å². The average Bonchev–Trinajstić information content (AvgIpc) is 2.66. The van der Waals surface area contributed by atoms with Gasteiger partial charge in [-0.15, -0.1) is 11.8 Å². The number of carbonyl (C=O) groups is 1. The van der Waals surface area contributed by atoms with Crippen molar-refractivity contribution in [1.82, 2.24) is 5.43 Å². The molecule has 3 aromatic rings. The number of carbonyl (C=O) groups excluding carboxylic acids is 1. The van der Waals surface area contributed by atoms with Crippen molar-refractivity contribution in [2.45, 2.75) is 12.7 Å². The van der Waals surface area contributed by atoms with Crippen LogP contribution in [-0.4, -0.2) is 17.4 Å². The van der Waals surface area contributed by atoms with Crippen molar-refractivity contribution in [3.05, 3.63) is 82.9 Å². The van der Waals surface area contributed by atoms with Gasteiger partial charge in [0.1, 0.15) is 0 Å². The molecule has 0 unspecified atom stereocenters. The van der Waals surface area contributed by atoms with Crippen LogP contribution in [0.3, 0.4) is 0 Å². The molecule has 26 heavy (non-hydrogen) atoms. The van der Waals surface area contributed by atoms with Crippen LogP contribution in [0.5, 0.6) is 0 Å². The van der Waals surface area contributed by atoms with Crippen LogP contribution in [0.15, 0.2) is 71.8 Å². The van der Waals surface area contributed by atoms with Crippen LogP contribution in [0, 0.1) is 0 Å². The largest absolute Gasteiger partial charge is 0.272 e. The third-order valence-electron chi connectivity index (χ3n) is 3.93. The molecule has 0 atom stereocenters. The Morgan fingerprint density at radius 3 is 2.54 bits per heavy atom. The monoisotopic (exact) mass is 382 g/mol. The Morgan fingerprint density at radius 1 is 1.04 bits per heavy atom. The van der Waals surface area contributed by atoms with E-state index >= 15 is 0 Å². The van der Waals surface area contributed by atoms with E-state index in [0.717, 1.165) is 17.0 Å². The minimum Gasteiger partial charge on any atom is -0.272 e. The lowest BCUT2D eigenvalue weighted by atomic mass is 10.1. The predicted molar refractivity (Wildman–Crippen MR) is 112 cm³/mol. The highest BCUT2D eigenvalue weighted by molar-refractivity contribution is 7.99. The second-order valence-electron chi connectivity index (χ2n) is 5.91. The molecule has 0 heterocycles. The molecular weight excluding hydrogens is 364 g/mol. The molecule has 5 heteroatoms. The van der Waals surface area contributed by atoms with E-state index in [1.165, 1.54) is 16.3 Å². The van der Waals surface area contributed by atoms with Gasteiger partial charge < -0.3 is 0 Å². The van der Waals surface area contributed by atoms with E-state index in [1.807, 2.05) is 31.2 Å². The smallest absolute Gasteiger partial charge is 0.250 e. The molecule has 0 spiro atoms. The lowest BCUT2D eigenvalue weighted by Crippen LogP contribution is -2.21. The number of hydrogen-bond acceptors (Lipinski definition) is 3. The number of hydrogen-bond donors (Lipinski definition) is 1. The Labute approximate surface area is 162 Å². The van der Waals surface area contributed by atoms with Gasteiger partial charge in [-0.3, -0.25) is 4.79 Å². The molecule has 3 aromatic carbocycles. The Morgan fingerprint density at radius 2 is 1.77 bits per heavy atom. The first-order valence-electron chi connectivity index (χ1n) is 8.26. The summed E-state index contributed by atoms with van der Waals surface area (Å²) >= 11 is 7.45. The van der Waals surface area contributed by atoms with Crippen LogP contribution in [0.4, 0.5) is 0 Å². The van der Waals surface area contributed by atoms with Crippen LogP contribution < -0.4 is 5.43 Å². The summed E-state index contributed by atoms with van der Waals surface area (Å²) in [5.74, 6) is 1.05. The fourth-order valence-corrected chi connectivity index (χ4v) is 3.42. The normalized spacial score (nSPS) is 11.5. The fraction of sp³-hybridized carbons (Fsp3) is 0.143. The maximum Gasteiger partial charge on any atom is 0.250 e. The summed E-state index contributed by atoms with van der Waals surface area (Å²) in [6.07, 6.45) is 0. The third kappa shape index (κ3) is 5.10. The summed E-state index contributed by atoms with van der Waals surface area (Å²) in [7, 11) is 0. The van der Waals surface area contributed by atoms with E-state index in [9.17, 15) is 4.79 Å². The highest BCUT2D eigenvalue weighted by atomic mass is 35.5. The highest BCUT2D eigenvalue weighted by Gasteiger charge is 2.03. The van der Waals surface area contributed by atoms with E-state index < -0.39 is 0 Å². The predicted octanol–water partition coefficient (Wildman–Crippen LogP) is 5.27. The molecule has 132 valence electrons. The highest BCUT2D eigenvalue weighted by Crippen LogP contribution is 2.19. The molecular formula is C21H19ClN2OS. The number of hydrazone groups is 1. The second-order valence-corrected chi connectivity index (χ2v) is 7.34. The summed E-state index contributed by atoms with van der Waals surface area (Å²) in [5.41, 5.74) is 5.49. The van der Waals surface area contributed by atoms with Crippen LogP contribution in [0.1, 0.15) is 18.1 Å². The molecule has 0 aliphatic rings. The number of nitrogens with one attached hydrogen (secondary N) is 1. The van der Waals surface area contributed by atoms with Crippen molar-refractivity contribution in [2.24, 2.45) is 5.10 Å². The fourth-order valence-electron chi connectivity index (χ4n) is 2.52. The molecule has 1 amide bonds. The number of amides is 1. The Bertz CT molecular complexity index is 938. The van der Waals surface area contributed by atoms with Crippen molar-refractivity contribution >= 4 is 45.8 Å². The van der Waals surface area contributed by atoms with E-state index in [2.05, 4.69) is 40.9 Å². The molecule has 0 saturated heterocycles. The van der Waals surface area contributed by atoms with Gasteiger partial charge in [0.2, 0.25) is 5.91 Å². The van der Waals surface area contributed by atoms with E-state index in [0.29, 0.717) is 10.8 Å². The summed E-state index contributed by atoms with van der Waals surface area (Å²) in [4.78, 5) is 12.0. The third-order valence-corrected chi connectivity index (χ3v) is 5.18. The Hall–Kier alpha value is -2.30. The van der Waals surface area contributed by atoms with Crippen molar-refractivity contribution in [3.63, 3.8) is 0 Å². The number of fused-ring (bicyclic) bond motifs is 1. The minimum absolute atomic E-state index is 0.107. The molecule has 0 fully saturated rings. The quantitative estimate of drug-likeness (QED) is 0.466. The lowest BCUT2D eigenvalue weighted by molar-refractivity contribution is -0.118. The number of thioether (sulfide) groups is 1. The van der Waals surface area contributed by atoms with Gasteiger partial charge in [0.15, 0.2) is 0 Å². The summed E-state index contributed by atoms with van der Waals surface area (Å²) in [5, 5.41) is 7.28. The summed E-state index contributed by atoms with van der Waals surface area (Å²) in [6.45, 7) is 1.85. The standard InChI is InChI=1S/C21H19ClN2OS/c1-15(17-8-10-20(22)11-9-17)23-24-21(25)14-26-13-16-6-7-18-4-2-3-5-19(18)12-16/h2-12H,13-14H2,1H3,(H,24,25)/b23-15-. The Balaban J connectivity index is 1.49. The van der Waals surface area contributed by atoms with Gasteiger partial charge in [-0.25, -0.2) is 5.43 Å². The molecule has 0 bridgehead atoms. The summed E-state index contributed by atoms with van der Waals surface area (Å²) in [6, 6.07) is 22.0. The number of halogens is 1. The molecule has 0 radical (unpaired) electrons. The molecule has 3 rings (SSSR count). The number of nitrogens with zero attached hydrogens (tertiary/aromatic N) is 1. The zero-order valence-corrected chi connectivity index (χ0v) is 16.0. The first-order valence-corrected chi connectivity index (χ1v) is 9.79. The second kappa shape index (κ2) is 8.88. The zero-order chi connectivity index (χ0) is 18.4. The van der Waals surface area contributed by atoms with Crippen LogP contribution in [-0.2, 0) is 10.5 Å². The average molecular weight is 383 g/mol. The van der Waals surface area contributed by atoms with Crippen molar-refractivity contribution in [2.75, 3.05) is 5.75 Å². The van der Waals surface area contributed by atoms with Crippen LogP contribution >= 0.6 is 23.4 Å². The topological polar surface area (TPSA) is 41.5 Å². The van der Waals surface area contributed by atoms with E-state index in [1.54, 1.807) is 23.9 Å². The molecule has 1 N–H and O–H groups in total. The van der Waals surface area contributed by atoms with Gasteiger partial charge in [-0.05, 0) is 41.0 Å². The SMILES string of the molecule is C/C(=N/NC(=O)CSCc1ccc2ccccc2c1)c1ccc(Cl)cc1. The van der Waals surface area contributed by atoms with E-state index in [4.69, 9.17) is 11.6 Å². The first-order chi connectivity index (χ1) is 12.6. The van der Waals surface area contributed by atoms with Crippen molar-refractivity contribution < 1.29 is 4.79 Å². The van der Waals surface area contributed by atoms with Gasteiger partial charge in [0.05, 0.1) is 11.5 Å². The van der Waals surface area contributed by atoms with Gasteiger partial charge >= 0.3 is 0 Å². The van der Waals surface area contributed by atoms with Crippen LogP contribution in [0.2, 0.25) is 5.02 Å².